The predicted octanol–water partition coefficient (Wildman–Crippen LogP) is 2.94. The summed E-state index contributed by atoms with van der Waals surface area (Å²) in [4.78, 5) is 14.4. The van der Waals surface area contributed by atoms with Gasteiger partial charge in [-0.1, -0.05) is 44.2 Å². The summed E-state index contributed by atoms with van der Waals surface area (Å²) >= 11 is 0. The van der Waals surface area contributed by atoms with Crippen LogP contribution in [-0.4, -0.2) is 23.9 Å². The van der Waals surface area contributed by atoms with E-state index in [0.717, 1.165) is 31.5 Å². The molecule has 0 radical (unpaired) electrons. The third-order valence-corrected chi connectivity index (χ3v) is 3.72. The minimum Gasteiger partial charge on any atom is -0.341 e. The number of carbonyl (C=O) groups excluding carboxylic acids is 1. The van der Waals surface area contributed by atoms with Crippen LogP contribution in [0, 0.1) is 16.7 Å². The van der Waals surface area contributed by atoms with Gasteiger partial charge in [0, 0.05) is 13.1 Å². The smallest absolute Gasteiger partial charge is 0.244 e. The number of carbonyl (C=O) groups is 1. The first-order chi connectivity index (χ1) is 9.03. The summed E-state index contributed by atoms with van der Waals surface area (Å²) < 4.78 is 0. The van der Waals surface area contributed by atoms with Gasteiger partial charge in [-0.2, -0.15) is 5.26 Å². The maximum atomic E-state index is 12.5. The van der Waals surface area contributed by atoms with Gasteiger partial charge >= 0.3 is 0 Å². The van der Waals surface area contributed by atoms with Gasteiger partial charge in [0.2, 0.25) is 5.91 Å². The molecule has 3 heteroatoms. The number of hydrogen-bond donors (Lipinski definition) is 0. The molecule has 19 heavy (non-hydrogen) atoms. The highest BCUT2D eigenvalue weighted by atomic mass is 16.2. The molecule has 1 amide bonds. The molecule has 1 aromatic carbocycles. The molecule has 1 aliphatic rings. The molecule has 1 unspecified atom stereocenters. The van der Waals surface area contributed by atoms with Crippen molar-refractivity contribution in [3.05, 3.63) is 35.9 Å². The Hall–Kier alpha value is -1.82. The van der Waals surface area contributed by atoms with Gasteiger partial charge in [0.1, 0.15) is 5.92 Å². The summed E-state index contributed by atoms with van der Waals surface area (Å²) in [7, 11) is 0. The van der Waals surface area contributed by atoms with Crippen molar-refractivity contribution in [2.75, 3.05) is 13.1 Å². The van der Waals surface area contributed by atoms with Gasteiger partial charge < -0.3 is 4.90 Å². The Kier molecular flexibility index (Phi) is 3.90. The van der Waals surface area contributed by atoms with Crippen LogP contribution in [0.2, 0.25) is 0 Å². The summed E-state index contributed by atoms with van der Waals surface area (Å²) in [6, 6.07) is 11.5. The van der Waals surface area contributed by atoms with Gasteiger partial charge in [0.25, 0.3) is 0 Å². The fourth-order valence-corrected chi connectivity index (χ4v) is 2.71. The Morgan fingerprint density at radius 3 is 2.63 bits per heavy atom. The van der Waals surface area contributed by atoms with Gasteiger partial charge in [0.15, 0.2) is 0 Å². The van der Waals surface area contributed by atoms with Crippen LogP contribution < -0.4 is 0 Å². The van der Waals surface area contributed by atoms with E-state index in [1.807, 2.05) is 35.2 Å². The van der Waals surface area contributed by atoms with Crippen LogP contribution in [0.5, 0.6) is 0 Å². The largest absolute Gasteiger partial charge is 0.341 e. The number of hydrogen-bond acceptors (Lipinski definition) is 2. The number of likely N-dealkylation sites (tertiary alicyclic amines) is 1. The molecule has 1 aromatic rings. The van der Waals surface area contributed by atoms with Crippen molar-refractivity contribution >= 4 is 5.91 Å². The van der Waals surface area contributed by atoms with Crippen molar-refractivity contribution in [3.63, 3.8) is 0 Å². The second kappa shape index (κ2) is 5.44. The number of nitrogens with zero attached hydrogens (tertiary/aromatic N) is 2. The highest BCUT2D eigenvalue weighted by Crippen LogP contribution is 2.30. The molecule has 3 nitrogen and oxygen atoms in total. The lowest BCUT2D eigenvalue weighted by Crippen LogP contribution is -2.45. The van der Waals surface area contributed by atoms with Crippen molar-refractivity contribution in [3.8, 4) is 6.07 Å². The third-order valence-electron chi connectivity index (χ3n) is 3.72. The second-order valence-electron chi connectivity index (χ2n) is 6.00. The van der Waals surface area contributed by atoms with Crippen LogP contribution in [0.1, 0.15) is 38.2 Å². The minimum absolute atomic E-state index is 0.0542. The highest BCUT2D eigenvalue weighted by molar-refractivity contribution is 5.86. The maximum Gasteiger partial charge on any atom is 0.244 e. The van der Waals surface area contributed by atoms with E-state index >= 15 is 0 Å². The number of nitriles is 1. The van der Waals surface area contributed by atoms with Gasteiger partial charge in [-0.3, -0.25) is 4.79 Å². The summed E-state index contributed by atoms with van der Waals surface area (Å²) in [6.45, 7) is 5.87. The van der Waals surface area contributed by atoms with E-state index in [4.69, 9.17) is 0 Å². The van der Waals surface area contributed by atoms with Crippen LogP contribution in [0.4, 0.5) is 0 Å². The van der Waals surface area contributed by atoms with Crippen molar-refractivity contribution < 1.29 is 4.79 Å². The first-order valence-electron chi connectivity index (χ1n) is 6.77. The summed E-state index contributed by atoms with van der Waals surface area (Å²) in [5, 5.41) is 9.31. The topological polar surface area (TPSA) is 44.1 Å². The molecule has 0 aromatic heterocycles. The van der Waals surface area contributed by atoms with Crippen molar-refractivity contribution in [1.82, 2.24) is 4.90 Å². The van der Waals surface area contributed by atoms with E-state index in [9.17, 15) is 10.1 Å². The van der Waals surface area contributed by atoms with Gasteiger partial charge in [0.05, 0.1) is 6.07 Å². The zero-order valence-electron chi connectivity index (χ0n) is 11.6. The zero-order valence-corrected chi connectivity index (χ0v) is 11.6. The van der Waals surface area contributed by atoms with Crippen molar-refractivity contribution in [1.29, 1.82) is 5.26 Å². The summed E-state index contributed by atoms with van der Waals surface area (Å²) in [5.41, 5.74) is 0.948. The van der Waals surface area contributed by atoms with Crippen LogP contribution in [0.15, 0.2) is 30.3 Å². The maximum absolute atomic E-state index is 12.5. The zero-order chi connectivity index (χ0) is 13.9. The van der Waals surface area contributed by atoms with Crippen LogP contribution >= 0.6 is 0 Å². The first kappa shape index (κ1) is 13.6. The van der Waals surface area contributed by atoms with Crippen LogP contribution in [-0.2, 0) is 4.79 Å². The minimum atomic E-state index is -0.671. The molecule has 2 rings (SSSR count). The van der Waals surface area contributed by atoms with Crippen LogP contribution in [0.3, 0.4) is 0 Å². The lowest BCUT2D eigenvalue weighted by atomic mass is 9.83. The molecular formula is C16H20N2O. The molecule has 0 aliphatic carbocycles. The molecule has 1 aliphatic heterocycles. The SMILES string of the molecule is CC1(C)CCCN(C(=O)C(C#N)c2ccccc2)C1. The Bertz CT molecular complexity index is 487. The average molecular weight is 256 g/mol. The molecule has 100 valence electrons. The van der Waals surface area contributed by atoms with E-state index in [2.05, 4.69) is 19.9 Å². The Morgan fingerprint density at radius 1 is 1.37 bits per heavy atom. The fourth-order valence-electron chi connectivity index (χ4n) is 2.71. The third kappa shape index (κ3) is 3.14. The Labute approximate surface area is 114 Å². The van der Waals surface area contributed by atoms with Gasteiger partial charge in [-0.25, -0.2) is 0 Å². The number of rotatable bonds is 2. The Balaban J connectivity index is 2.16. The molecule has 0 N–H and O–H groups in total. The van der Waals surface area contributed by atoms with Crippen molar-refractivity contribution in [2.45, 2.75) is 32.6 Å². The first-order valence-corrected chi connectivity index (χ1v) is 6.77. The van der Waals surface area contributed by atoms with E-state index < -0.39 is 5.92 Å². The summed E-state index contributed by atoms with van der Waals surface area (Å²) in [5.74, 6) is -0.725. The predicted molar refractivity (Wildman–Crippen MR) is 74.4 cm³/mol. The Morgan fingerprint density at radius 2 is 2.05 bits per heavy atom. The standard InChI is InChI=1S/C16H20N2O/c1-16(2)9-6-10-18(12-16)15(19)14(11-17)13-7-4-3-5-8-13/h3-5,7-8,14H,6,9-10,12H2,1-2H3. The number of amides is 1. The lowest BCUT2D eigenvalue weighted by Gasteiger charge is -2.38. The van der Waals surface area contributed by atoms with E-state index in [0.29, 0.717) is 0 Å². The molecular weight excluding hydrogens is 236 g/mol. The number of piperidine rings is 1. The van der Waals surface area contributed by atoms with Crippen LogP contribution in [0.25, 0.3) is 0 Å². The van der Waals surface area contributed by atoms with E-state index in [1.165, 1.54) is 0 Å². The molecule has 1 saturated heterocycles. The van der Waals surface area contributed by atoms with Crippen molar-refractivity contribution in [2.24, 2.45) is 5.41 Å². The summed E-state index contributed by atoms with van der Waals surface area (Å²) in [6.07, 6.45) is 2.16. The normalized spacial score (nSPS) is 19.5. The fraction of sp³-hybridized carbons (Fsp3) is 0.500. The lowest BCUT2D eigenvalue weighted by molar-refractivity contribution is -0.134. The van der Waals surface area contributed by atoms with E-state index in [-0.39, 0.29) is 11.3 Å². The second-order valence-corrected chi connectivity index (χ2v) is 6.00. The highest BCUT2D eigenvalue weighted by Gasteiger charge is 2.33. The van der Waals surface area contributed by atoms with E-state index in [1.54, 1.807) is 0 Å². The quantitative estimate of drug-likeness (QED) is 0.816. The molecule has 1 atom stereocenters. The monoisotopic (exact) mass is 256 g/mol. The molecule has 0 bridgehead atoms. The van der Waals surface area contributed by atoms with Gasteiger partial charge in [-0.05, 0) is 23.8 Å². The molecule has 1 heterocycles. The molecule has 0 spiro atoms. The van der Waals surface area contributed by atoms with Gasteiger partial charge in [-0.15, -0.1) is 0 Å². The molecule has 1 fully saturated rings. The molecule has 0 saturated carbocycles. The average Bonchev–Trinajstić information content (AvgIpc) is 2.39. The number of benzene rings is 1.